The van der Waals surface area contributed by atoms with E-state index in [2.05, 4.69) is 18.7 Å². The molecule has 1 unspecified atom stereocenters. The molecule has 1 aliphatic heterocycles. The Morgan fingerprint density at radius 2 is 1.68 bits per heavy atom. The van der Waals surface area contributed by atoms with E-state index in [0.717, 1.165) is 25.2 Å². The zero-order valence-electron chi connectivity index (χ0n) is 24.6. The number of amides is 2. The summed E-state index contributed by atoms with van der Waals surface area (Å²) in [5.41, 5.74) is -0.201. The first-order chi connectivity index (χ1) is 19.6. The number of rotatable bonds is 9. The highest BCUT2D eigenvalue weighted by Crippen LogP contribution is 2.35. The zero-order chi connectivity index (χ0) is 29.7. The Balaban J connectivity index is 1.23. The minimum absolute atomic E-state index is 0.0136. The molecule has 1 saturated carbocycles. The van der Waals surface area contributed by atoms with Crippen LogP contribution in [0.2, 0.25) is 0 Å². The van der Waals surface area contributed by atoms with Crippen molar-refractivity contribution in [2.24, 2.45) is 11.3 Å². The van der Waals surface area contributed by atoms with E-state index in [9.17, 15) is 24.0 Å². The van der Waals surface area contributed by atoms with Gasteiger partial charge in [0.2, 0.25) is 0 Å². The van der Waals surface area contributed by atoms with Crippen LogP contribution in [-0.4, -0.2) is 79.2 Å². The molecule has 2 aromatic rings. The molecule has 0 spiro atoms. The molecule has 2 fully saturated rings. The molecule has 2 amide bonds. The Bertz CT molecular complexity index is 1350. The van der Waals surface area contributed by atoms with Crippen molar-refractivity contribution in [3.05, 3.63) is 40.2 Å². The van der Waals surface area contributed by atoms with Crippen molar-refractivity contribution in [3.63, 3.8) is 0 Å². The number of carbonyl (C=O) groups is 4. The third-order valence-corrected chi connectivity index (χ3v) is 8.48. The smallest absolute Gasteiger partial charge is 0.409 e. The molecule has 1 aromatic carbocycles. The summed E-state index contributed by atoms with van der Waals surface area (Å²) in [5.74, 6) is -0.494. The van der Waals surface area contributed by atoms with Gasteiger partial charge < -0.3 is 23.9 Å². The molecular formula is C31H41N3O7. The first kappa shape index (κ1) is 30.3. The first-order valence-electron chi connectivity index (χ1n) is 14.7. The summed E-state index contributed by atoms with van der Waals surface area (Å²) in [6.45, 7) is 10.6. The van der Waals surface area contributed by atoms with Gasteiger partial charge >= 0.3 is 11.7 Å². The summed E-state index contributed by atoms with van der Waals surface area (Å²) in [6, 6.07) is 7.20. The molecule has 0 bridgehead atoms. The van der Waals surface area contributed by atoms with Crippen LogP contribution in [0.1, 0.15) is 70.2 Å². The van der Waals surface area contributed by atoms with E-state index in [-0.39, 0.29) is 42.7 Å². The van der Waals surface area contributed by atoms with Gasteiger partial charge in [0.1, 0.15) is 22.7 Å². The van der Waals surface area contributed by atoms with Crippen LogP contribution in [0.3, 0.4) is 0 Å². The van der Waals surface area contributed by atoms with E-state index in [1.54, 1.807) is 29.7 Å². The fourth-order valence-electron chi connectivity index (χ4n) is 5.71. The van der Waals surface area contributed by atoms with Crippen molar-refractivity contribution < 1.29 is 28.3 Å². The minimum atomic E-state index is -0.896. The van der Waals surface area contributed by atoms with Gasteiger partial charge in [-0.2, -0.15) is 0 Å². The van der Waals surface area contributed by atoms with Gasteiger partial charge in [0.15, 0.2) is 0 Å². The number of Topliss-reactive ketones (excluding diaryl/α,β-unsaturated/α-hetero) is 2. The Labute approximate surface area is 240 Å². The maximum absolute atomic E-state index is 13.1. The fraction of sp³-hybridized carbons (Fsp3) is 0.581. The molecule has 2 aliphatic rings. The largest absolute Gasteiger partial charge is 0.449 e. The zero-order valence-corrected chi connectivity index (χ0v) is 24.6. The van der Waals surface area contributed by atoms with Gasteiger partial charge in [-0.1, -0.05) is 0 Å². The Morgan fingerprint density at radius 3 is 2.37 bits per heavy atom. The lowest BCUT2D eigenvalue weighted by Gasteiger charge is -2.34. The number of ketones is 2. The molecule has 1 aliphatic carbocycles. The lowest BCUT2D eigenvalue weighted by molar-refractivity contribution is -0.145. The molecule has 10 nitrogen and oxygen atoms in total. The van der Waals surface area contributed by atoms with Crippen LogP contribution in [0.4, 0.5) is 10.5 Å². The predicted molar refractivity (Wildman–Crippen MR) is 155 cm³/mol. The number of benzene rings is 1. The van der Waals surface area contributed by atoms with E-state index in [4.69, 9.17) is 9.15 Å². The van der Waals surface area contributed by atoms with E-state index < -0.39 is 23.0 Å². The second kappa shape index (κ2) is 12.9. The highest BCUT2D eigenvalue weighted by atomic mass is 16.6. The number of piperazine rings is 1. The first-order valence-corrected chi connectivity index (χ1v) is 14.7. The number of hydrogen-bond donors (Lipinski definition) is 0. The summed E-state index contributed by atoms with van der Waals surface area (Å²) >= 11 is 0. The highest BCUT2D eigenvalue weighted by molar-refractivity contribution is 6.09. The van der Waals surface area contributed by atoms with Crippen LogP contribution in [0.25, 0.3) is 11.0 Å². The van der Waals surface area contributed by atoms with Crippen molar-refractivity contribution in [2.45, 2.75) is 59.8 Å². The minimum Gasteiger partial charge on any atom is -0.449 e. The molecule has 1 atom stereocenters. The van der Waals surface area contributed by atoms with Gasteiger partial charge in [0, 0.05) is 68.7 Å². The standard InChI is InChI=1S/C31H41N3O7/c1-5-32(6-2)23-12-10-22-19-24(29(38)41-25(22)20-23)28(37)33-14-16-34(17-15-33)30(39)40-18-8-7-9-21-11-13-26(35)31(3,4)27(21)36/h10,12,19-21H,5-9,11,13-18H2,1-4H3. The van der Waals surface area contributed by atoms with E-state index in [1.807, 2.05) is 18.2 Å². The monoisotopic (exact) mass is 567 g/mol. The van der Waals surface area contributed by atoms with Gasteiger partial charge in [-0.05, 0) is 71.6 Å². The fourth-order valence-corrected chi connectivity index (χ4v) is 5.71. The van der Waals surface area contributed by atoms with Gasteiger partial charge in [-0.25, -0.2) is 9.59 Å². The summed E-state index contributed by atoms with van der Waals surface area (Å²) in [4.78, 5) is 68.2. The third-order valence-electron chi connectivity index (χ3n) is 8.48. The van der Waals surface area contributed by atoms with Gasteiger partial charge in [-0.15, -0.1) is 0 Å². The van der Waals surface area contributed by atoms with Crippen molar-refractivity contribution >= 4 is 40.2 Å². The van der Waals surface area contributed by atoms with Crippen LogP contribution >= 0.6 is 0 Å². The molecule has 1 aromatic heterocycles. The maximum Gasteiger partial charge on any atom is 0.409 e. The number of unbranched alkanes of at least 4 members (excludes halogenated alkanes) is 1. The molecule has 41 heavy (non-hydrogen) atoms. The van der Waals surface area contributed by atoms with Crippen LogP contribution in [-0.2, 0) is 14.3 Å². The van der Waals surface area contributed by atoms with Crippen molar-refractivity contribution in [1.29, 1.82) is 0 Å². The molecular weight excluding hydrogens is 526 g/mol. The van der Waals surface area contributed by atoms with Crippen LogP contribution in [0.5, 0.6) is 0 Å². The van der Waals surface area contributed by atoms with E-state index >= 15 is 0 Å². The third kappa shape index (κ3) is 6.63. The number of carbonyl (C=O) groups excluding carboxylic acids is 4. The summed E-state index contributed by atoms with van der Waals surface area (Å²) < 4.78 is 10.9. The van der Waals surface area contributed by atoms with Crippen LogP contribution < -0.4 is 10.5 Å². The van der Waals surface area contributed by atoms with Gasteiger partial charge in [-0.3, -0.25) is 14.4 Å². The van der Waals surface area contributed by atoms with Gasteiger partial charge in [0.05, 0.1) is 12.0 Å². The Morgan fingerprint density at radius 1 is 1.00 bits per heavy atom. The normalized spacial score (nSPS) is 19.0. The second-order valence-corrected chi connectivity index (χ2v) is 11.4. The molecule has 1 saturated heterocycles. The number of hydrogen-bond acceptors (Lipinski definition) is 8. The summed E-state index contributed by atoms with van der Waals surface area (Å²) in [7, 11) is 0. The van der Waals surface area contributed by atoms with Crippen molar-refractivity contribution in [2.75, 3.05) is 50.8 Å². The Hall–Kier alpha value is -3.69. The van der Waals surface area contributed by atoms with Gasteiger partial charge in [0.25, 0.3) is 5.91 Å². The number of fused-ring (bicyclic) bond motifs is 1. The molecule has 0 N–H and O–H groups in total. The number of anilines is 1. The molecule has 222 valence electrons. The highest BCUT2D eigenvalue weighted by Gasteiger charge is 2.43. The van der Waals surface area contributed by atoms with E-state index in [1.165, 1.54) is 0 Å². The quantitative estimate of drug-likeness (QED) is 0.250. The van der Waals surface area contributed by atoms with Crippen molar-refractivity contribution in [1.82, 2.24) is 9.80 Å². The van der Waals surface area contributed by atoms with Crippen LogP contribution in [0.15, 0.2) is 33.5 Å². The average molecular weight is 568 g/mol. The lowest BCUT2D eigenvalue weighted by atomic mass is 9.69. The van der Waals surface area contributed by atoms with Crippen LogP contribution in [0, 0.1) is 11.3 Å². The van der Waals surface area contributed by atoms with Crippen molar-refractivity contribution in [3.8, 4) is 0 Å². The average Bonchev–Trinajstić information content (AvgIpc) is 2.97. The predicted octanol–water partition coefficient (Wildman–Crippen LogP) is 4.28. The molecule has 2 heterocycles. The second-order valence-electron chi connectivity index (χ2n) is 11.4. The summed E-state index contributed by atoms with van der Waals surface area (Å²) in [5, 5.41) is 0.677. The van der Waals surface area contributed by atoms with E-state index in [0.29, 0.717) is 49.7 Å². The molecule has 4 rings (SSSR count). The number of nitrogens with zero attached hydrogens (tertiary/aromatic N) is 3. The summed E-state index contributed by atoms with van der Waals surface area (Å²) in [6.07, 6.45) is 2.66. The maximum atomic E-state index is 13.1. The Kier molecular flexibility index (Phi) is 9.50. The topological polar surface area (TPSA) is 117 Å². The molecule has 10 heteroatoms. The molecule has 0 radical (unpaired) electrons. The SMILES string of the molecule is CCN(CC)c1ccc2cc(C(=O)N3CCN(C(=O)OCCCCC4CCC(=O)C(C)(C)C4=O)CC3)c(=O)oc2c1. The number of ether oxygens (including phenoxy) is 1. The lowest BCUT2D eigenvalue weighted by Crippen LogP contribution is -2.51.